The summed E-state index contributed by atoms with van der Waals surface area (Å²) in [4.78, 5) is 22.2. The van der Waals surface area contributed by atoms with Crippen LogP contribution < -0.4 is 16.2 Å². The van der Waals surface area contributed by atoms with Crippen LogP contribution >= 0.6 is 0 Å². The Kier molecular flexibility index (Phi) is 6.91. The van der Waals surface area contributed by atoms with E-state index in [0.29, 0.717) is 6.54 Å². The van der Waals surface area contributed by atoms with E-state index >= 15 is 0 Å². The molecule has 0 bridgehead atoms. The third kappa shape index (κ3) is 7.96. The Balaban J connectivity index is 0.000000257. The molecule has 0 aliphatic carbocycles. The van der Waals surface area contributed by atoms with Gasteiger partial charge in [0.25, 0.3) is 16.0 Å². The van der Waals surface area contributed by atoms with Crippen molar-refractivity contribution < 1.29 is 27.3 Å². The molecule has 0 saturated carbocycles. The van der Waals surface area contributed by atoms with Crippen molar-refractivity contribution in [3.05, 3.63) is 29.8 Å². The third-order valence-electron chi connectivity index (χ3n) is 2.84. The topological polar surface area (TPSA) is 134 Å². The van der Waals surface area contributed by atoms with E-state index in [0.717, 1.165) is 5.56 Å². The van der Waals surface area contributed by atoms with Gasteiger partial charge in [-0.25, -0.2) is 10.2 Å². The lowest BCUT2D eigenvalue weighted by atomic mass is 10.2. The van der Waals surface area contributed by atoms with Crippen molar-refractivity contribution in [2.24, 2.45) is 0 Å². The molecule has 9 nitrogen and oxygen atoms in total. The van der Waals surface area contributed by atoms with Gasteiger partial charge in [-0.15, -0.1) is 0 Å². The van der Waals surface area contributed by atoms with Crippen molar-refractivity contribution in [2.75, 3.05) is 6.54 Å². The van der Waals surface area contributed by atoms with Gasteiger partial charge in [-0.3, -0.25) is 14.8 Å². The molecule has 0 spiro atoms. The highest BCUT2D eigenvalue weighted by Gasteiger charge is 2.27. The number of amides is 2. The number of carbonyl (C=O) groups excluding carboxylic acids is 2. The van der Waals surface area contributed by atoms with Gasteiger partial charge in [0.2, 0.25) is 0 Å². The van der Waals surface area contributed by atoms with Crippen LogP contribution in [0.15, 0.2) is 29.2 Å². The minimum atomic E-state index is -4.02. The van der Waals surface area contributed by atoms with Crippen LogP contribution in [-0.2, 0) is 19.6 Å². The molecule has 25 heavy (non-hydrogen) atoms. The molecule has 4 N–H and O–H groups in total. The van der Waals surface area contributed by atoms with Gasteiger partial charge in [0.1, 0.15) is 11.6 Å². The number of alkyl carbamates (subject to hydrolysis) is 1. The van der Waals surface area contributed by atoms with Crippen molar-refractivity contribution in [3.63, 3.8) is 0 Å². The summed E-state index contributed by atoms with van der Waals surface area (Å²) in [6.45, 7) is 7.50. The molecule has 2 rings (SSSR count). The second-order valence-electron chi connectivity index (χ2n) is 6.36. The van der Waals surface area contributed by atoms with Crippen molar-refractivity contribution >= 4 is 22.1 Å². The van der Waals surface area contributed by atoms with Gasteiger partial charge in [-0.2, -0.15) is 8.42 Å². The predicted octanol–water partition coefficient (Wildman–Crippen LogP) is 0.756. The van der Waals surface area contributed by atoms with Crippen LogP contribution in [0.3, 0.4) is 0 Å². The van der Waals surface area contributed by atoms with Crippen LogP contribution in [-0.4, -0.2) is 43.2 Å². The fraction of sp³-hybridized carbons (Fsp3) is 0.467. The van der Waals surface area contributed by atoms with Crippen LogP contribution in [0.5, 0.6) is 0 Å². The van der Waals surface area contributed by atoms with E-state index in [2.05, 4.69) is 16.2 Å². The summed E-state index contributed by atoms with van der Waals surface area (Å²) >= 11 is 0. The first-order chi connectivity index (χ1) is 11.4. The average Bonchev–Trinajstić information content (AvgIpc) is 2.82. The van der Waals surface area contributed by atoms with Gasteiger partial charge in [-0.05, 0) is 39.8 Å². The third-order valence-corrected chi connectivity index (χ3v) is 3.71. The van der Waals surface area contributed by atoms with E-state index in [1.54, 1.807) is 32.9 Å². The van der Waals surface area contributed by atoms with Crippen LogP contribution in [0.2, 0.25) is 0 Å². The van der Waals surface area contributed by atoms with Crippen LogP contribution in [0.25, 0.3) is 0 Å². The minimum absolute atomic E-state index is 0.0666. The first-order valence-electron chi connectivity index (χ1n) is 7.45. The Bertz CT molecular complexity index is 710. The maximum absolute atomic E-state index is 11.2. The number of carbonyl (C=O) groups is 2. The summed E-state index contributed by atoms with van der Waals surface area (Å²) < 4.78 is 34.5. The van der Waals surface area contributed by atoms with Crippen LogP contribution in [0, 0.1) is 6.92 Å². The van der Waals surface area contributed by atoms with E-state index in [1.807, 2.05) is 6.92 Å². The first-order valence-corrected chi connectivity index (χ1v) is 8.89. The lowest BCUT2D eigenvalue weighted by Crippen LogP contribution is -2.44. The van der Waals surface area contributed by atoms with E-state index in [-0.39, 0.29) is 10.8 Å². The number of benzene rings is 1. The Morgan fingerprint density at radius 2 is 1.84 bits per heavy atom. The number of ether oxygens (including phenoxy) is 1. The standard InChI is InChI=1S/C8H15N3O3.C7H8O3S/c1-8(2,3)14-7(13)10-5-4-9-11-6(5)12;1-6-2-4-7(5-3-6)11(8,9)10/h5,9H,4H2,1-3H3,(H,10,13)(H,11,12);2-5H,1H3,(H,8,9,10)/t5-;/m1./s1. The fourth-order valence-electron chi connectivity index (χ4n) is 1.70. The molecule has 1 heterocycles. The SMILES string of the molecule is CC(C)(C)OC(=O)N[C@@H]1CNNC1=O.Cc1ccc(S(=O)(=O)O)cc1. The van der Waals surface area contributed by atoms with E-state index in [1.165, 1.54) is 12.1 Å². The minimum Gasteiger partial charge on any atom is -0.444 e. The number of hydrazine groups is 1. The fourth-order valence-corrected chi connectivity index (χ4v) is 2.18. The molecule has 0 aromatic heterocycles. The highest BCUT2D eigenvalue weighted by molar-refractivity contribution is 7.85. The van der Waals surface area contributed by atoms with Crippen molar-refractivity contribution in [1.29, 1.82) is 0 Å². The van der Waals surface area contributed by atoms with Crippen molar-refractivity contribution in [2.45, 2.75) is 44.2 Å². The quantitative estimate of drug-likeness (QED) is 0.562. The molecule has 10 heteroatoms. The zero-order chi connectivity index (χ0) is 19.3. The van der Waals surface area contributed by atoms with Crippen molar-refractivity contribution in [3.8, 4) is 0 Å². The molecule has 1 aliphatic heterocycles. The molecule has 0 unspecified atom stereocenters. The predicted molar refractivity (Wildman–Crippen MR) is 90.3 cm³/mol. The molecule has 1 aromatic carbocycles. The van der Waals surface area contributed by atoms with Gasteiger partial charge < -0.3 is 10.1 Å². The molecule has 140 valence electrons. The average molecular weight is 373 g/mol. The van der Waals surface area contributed by atoms with E-state index in [4.69, 9.17) is 9.29 Å². The zero-order valence-corrected chi connectivity index (χ0v) is 15.3. The smallest absolute Gasteiger partial charge is 0.408 e. The second kappa shape index (κ2) is 8.28. The molecular weight excluding hydrogens is 350 g/mol. The summed E-state index contributed by atoms with van der Waals surface area (Å²) in [5.41, 5.74) is 5.41. The lowest BCUT2D eigenvalue weighted by Gasteiger charge is -2.20. The lowest BCUT2D eigenvalue weighted by molar-refractivity contribution is -0.121. The van der Waals surface area contributed by atoms with Crippen LogP contribution in [0.4, 0.5) is 4.79 Å². The largest absolute Gasteiger partial charge is 0.444 e. The number of hydrogen-bond acceptors (Lipinski definition) is 6. The summed E-state index contributed by atoms with van der Waals surface area (Å²) in [6, 6.07) is 5.44. The molecule has 1 aliphatic rings. The summed E-state index contributed by atoms with van der Waals surface area (Å²) in [6.07, 6.45) is -0.582. The molecular formula is C15H23N3O6S. The maximum atomic E-state index is 11.2. The van der Waals surface area contributed by atoms with E-state index < -0.39 is 27.9 Å². The highest BCUT2D eigenvalue weighted by atomic mass is 32.2. The number of rotatable bonds is 2. The molecule has 1 fully saturated rings. The summed E-state index contributed by atoms with van der Waals surface area (Å²) in [5, 5.41) is 2.45. The van der Waals surface area contributed by atoms with Gasteiger partial charge in [0, 0.05) is 6.54 Å². The Labute approximate surface area is 146 Å². The summed E-state index contributed by atoms with van der Waals surface area (Å²) in [5.74, 6) is -0.254. The maximum Gasteiger partial charge on any atom is 0.408 e. The Hall–Kier alpha value is -2.17. The van der Waals surface area contributed by atoms with Crippen molar-refractivity contribution in [1.82, 2.24) is 16.2 Å². The summed E-state index contributed by atoms with van der Waals surface area (Å²) in [7, 11) is -4.02. The Morgan fingerprint density at radius 3 is 2.24 bits per heavy atom. The van der Waals surface area contributed by atoms with Gasteiger partial charge >= 0.3 is 6.09 Å². The van der Waals surface area contributed by atoms with Gasteiger partial charge in [-0.1, -0.05) is 17.7 Å². The van der Waals surface area contributed by atoms with E-state index in [9.17, 15) is 18.0 Å². The van der Waals surface area contributed by atoms with Crippen LogP contribution in [0.1, 0.15) is 26.3 Å². The highest BCUT2D eigenvalue weighted by Crippen LogP contribution is 2.08. The Morgan fingerprint density at radius 1 is 1.28 bits per heavy atom. The molecule has 1 aromatic rings. The van der Waals surface area contributed by atoms with Gasteiger partial charge in [0.15, 0.2) is 0 Å². The number of aryl methyl sites for hydroxylation is 1. The first kappa shape index (κ1) is 20.9. The monoisotopic (exact) mass is 373 g/mol. The molecule has 2 amide bonds. The number of hydrogen-bond donors (Lipinski definition) is 4. The molecule has 0 radical (unpaired) electrons. The molecule has 1 atom stereocenters. The normalized spacial score (nSPS) is 17.2. The number of nitrogens with one attached hydrogen (secondary N) is 3. The zero-order valence-electron chi connectivity index (χ0n) is 14.5. The van der Waals surface area contributed by atoms with Gasteiger partial charge in [0.05, 0.1) is 4.90 Å². The molecule has 1 saturated heterocycles. The second-order valence-corrected chi connectivity index (χ2v) is 7.78.